The first-order valence-corrected chi connectivity index (χ1v) is 7.73. The van der Waals surface area contributed by atoms with Crippen LogP contribution in [0, 0.1) is 5.92 Å². The fraction of sp³-hybridized carbons (Fsp3) is 1.00. The molecular formula is C13H26BrN. The highest BCUT2D eigenvalue weighted by Crippen LogP contribution is 2.28. The summed E-state index contributed by atoms with van der Waals surface area (Å²) >= 11 is 3.66. The van der Waals surface area contributed by atoms with Gasteiger partial charge >= 0.3 is 0 Å². The molecule has 1 fully saturated rings. The van der Waals surface area contributed by atoms with Crippen LogP contribution in [0.15, 0.2) is 0 Å². The summed E-state index contributed by atoms with van der Waals surface area (Å²) in [5.74, 6) is 0.868. The minimum atomic E-state index is 0.868. The van der Waals surface area contributed by atoms with Crippen LogP contribution in [0.1, 0.15) is 52.4 Å². The van der Waals surface area contributed by atoms with E-state index in [1.807, 2.05) is 0 Å². The van der Waals surface area contributed by atoms with Crippen LogP contribution >= 0.6 is 15.9 Å². The van der Waals surface area contributed by atoms with Gasteiger partial charge in [0.1, 0.15) is 0 Å². The van der Waals surface area contributed by atoms with E-state index in [0.717, 1.165) is 12.0 Å². The highest BCUT2D eigenvalue weighted by molar-refractivity contribution is 9.09. The maximum atomic E-state index is 3.66. The van der Waals surface area contributed by atoms with Crippen molar-refractivity contribution in [3.63, 3.8) is 0 Å². The number of nitrogens with zero attached hydrogens (tertiary/aromatic N) is 1. The molecule has 1 aliphatic rings. The average molecular weight is 276 g/mol. The Bertz CT molecular complexity index is 157. The minimum Gasteiger partial charge on any atom is -0.300 e. The van der Waals surface area contributed by atoms with Gasteiger partial charge in [-0.25, -0.2) is 0 Å². The maximum absolute atomic E-state index is 3.66. The average Bonchev–Trinajstić information content (AvgIpc) is 3.06. The monoisotopic (exact) mass is 275 g/mol. The molecule has 0 saturated heterocycles. The van der Waals surface area contributed by atoms with E-state index in [0.29, 0.717) is 0 Å². The predicted octanol–water partition coefficient (Wildman–Crippen LogP) is 4.06. The SMILES string of the molecule is CCCCN(CC(CBr)CCC)C1CC1. The summed E-state index contributed by atoms with van der Waals surface area (Å²) in [6.45, 7) is 7.24. The lowest BCUT2D eigenvalue weighted by Gasteiger charge is -2.26. The van der Waals surface area contributed by atoms with E-state index in [9.17, 15) is 0 Å². The summed E-state index contributed by atoms with van der Waals surface area (Å²) < 4.78 is 0. The van der Waals surface area contributed by atoms with Gasteiger partial charge in [-0.15, -0.1) is 0 Å². The number of alkyl halides is 1. The van der Waals surface area contributed by atoms with Crippen molar-refractivity contribution < 1.29 is 0 Å². The molecule has 0 amide bonds. The van der Waals surface area contributed by atoms with Crippen molar-refractivity contribution in [3.8, 4) is 0 Å². The Morgan fingerprint density at radius 2 is 2.00 bits per heavy atom. The molecule has 1 nitrogen and oxygen atoms in total. The number of hydrogen-bond acceptors (Lipinski definition) is 1. The van der Waals surface area contributed by atoms with Crippen molar-refractivity contribution in [3.05, 3.63) is 0 Å². The molecule has 1 rings (SSSR count). The minimum absolute atomic E-state index is 0.868. The van der Waals surface area contributed by atoms with E-state index >= 15 is 0 Å². The second-order valence-corrected chi connectivity index (χ2v) is 5.54. The van der Waals surface area contributed by atoms with Gasteiger partial charge < -0.3 is 4.90 Å². The first-order valence-electron chi connectivity index (χ1n) is 6.61. The summed E-state index contributed by atoms with van der Waals surface area (Å²) in [6.07, 6.45) is 8.30. The molecule has 0 spiro atoms. The summed E-state index contributed by atoms with van der Waals surface area (Å²) in [7, 11) is 0. The third-order valence-electron chi connectivity index (χ3n) is 3.27. The molecule has 0 radical (unpaired) electrons. The molecule has 15 heavy (non-hydrogen) atoms. The zero-order valence-electron chi connectivity index (χ0n) is 10.3. The second kappa shape index (κ2) is 7.67. The molecule has 1 aliphatic carbocycles. The van der Waals surface area contributed by atoms with Crippen molar-refractivity contribution >= 4 is 15.9 Å². The van der Waals surface area contributed by atoms with E-state index in [1.165, 1.54) is 56.9 Å². The Morgan fingerprint density at radius 1 is 1.27 bits per heavy atom. The lowest BCUT2D eigenvalue weighted by Crippen LogP contribution is -2.33. The smallest absolute Gasteiger partial charge is 0.00965 e. The van der Waals surface area contributed by atoms with Crippen LogP contribution in [-0.4, -0.2) is 29.4 Å². The van der Waals surface area contributed by atoms with E-state index < -0.39 is 0 Å². The quantitative estimate of drug-likeness (QED) is 0.574. The molecule has 0 aromatic rings. The van der Waals surface area contributed by atoms with Crippen molar-refractivity contribution in [2.45, 2.75) is 58.4 Å². The molecule has 2 heteroatoms. The second-order valence-electron chi connectivity index (χ2n) is 4.89. The van der Waals surface area contributed by atoms with Crippen LogP contribution in [0.2, 0.25) is 0 Å². The zero-order chi connectivity index (χ0) is 11.1. The molecular weight excluding hydrogens is 250 g/mol. The molecule has 0 aromatic carbocycles. The predicted molar refractivity (Wildman–Crippen MR) is 71.7 cm³/mol. The van der Waals surface area contributed by atoms with Crippen molar-refractivity contribution in [1.82, 2.24) is 4.90 Å². The van der Waals surface area contributed by atoms with Gasteiger partial charge in [-0.1, -0.05) is 42.6 Å². The maximum Gasteiger partial charge on any atom is 0.00965 e. The Labute approximate surface area is 104 Å². The number of unbranched alkanes of at least 4 members (excludes halogenated alkanes) is 1. The highest BCUT2D eigenvalue weighted by Gasteiger charge is 2.29. The molecule has 1 saturated carbocycles. The van der Waals surface area contributed by atoms with Gasteiger partial charge in [0.2, 0.25) is 0 Å². The molecule has 0 aromatic heterocycles. The zero-order valence-corrected chi connectivity index (χ0v) is 11.9. The van der Waals surface area contributed by atoms with Gasteiger partial charge in [0.05, 0.1) is 0 Å². The van der Waals surface area contributed by atoms with Gasteiger partial charge in [-0.05, 0) is 38.1 Å². The fourth-order valence-corrected chi connectivity index (χ4v) is 2.71. The fourth-order valence-electron chi connectivity index (χ4n) is 2.18. The molecule has 0 bridgehead atoms. The third-order valence-corrected chi connectivity index (χ3v) is 4.19. The van der Waals surface area contributed by atoms with E-state index in [1.54, 1.807) is 0 Å². The molecule has 0 N–H and O–H groups in total. The molecule has 90 valence electrons. The number of rotatable bonds is 9. The van der Waals surface area contributed by atoms with Crippen LogP contribution in [0.5, 0.6) is 0 Å². The number of halogens is 1. The highest BCUT2D eigenvalue weighted by atomic mass is 79.9. The first-order chi connectivity index (χ1) is 7.31. The topological polar surface area (TPSA) is 3.24 Å². The summed E-state index contributed by atoms with van der Waals surface area (Å²) in [6, 6.07) is 0.940. The first kappa shape index (κ1) is 13.5. The van der Waals surface area contributed by atoms with Crippen LogP contribution in [-0.2, 0) is 0 Å². The lowest BCUT2D eigenvalue weighted by atomic mass is 10.1. The molecule has 0 aliphatic heterocycles. The van der Waals surface area contributed by atoms with Crippen LogP contribution in [0.25, 0.3) is 0 Å². The lowest BCUT2D eigenvalue weighted by molar-refractivity contribution is 0.221. The van der Waals surface area contributed by atoms with Crippen LogP contribution < -0.4 is 0 Å². The normalized spacial score (nSPS) is 18.4. The van der Waals surface area contributed by atoms with Gasteiger partial charge in [0, 0.05) is 17.9 Å². The summed E-state index contributed by atoms with van der Waals surface area (Å²) in [4.78, 5) is 2.74. The van der Waals surface area contributed by atoms with Crippen molar-refractivity contribution in [1.29, 1.82) is 0 Å². The Balaban J connectivity index is 2.27. The summed E-state index contributed by atoms with van der Waals surface area (Å²) in [5.41, 5.74) is 0. The van der Waals surface area contributed by atoms with E-state index in [-0.39, 0.29) is 0 Å². The van der Waals surface area contributed by atoms with Crippen molar-refractivity contribution in [2.24, 2.45) is 5.92 Å². The van der Waals surface area contributed by atoms with Crippen LogP contribution in [0.3, 0.4) is 0 Å². The van der Waals surface area contributed by atoms with Gasteiger partial charge in [0.15, 0.2) is 0 Å². The third kappa shape index (κ3) is 5.35. The van der Waals surface area contributed by atoms with Crippen molar-refractivity contribution in [2.75, 3.05) is 18.4 Å². The van der Waals surface area contributed by atoms with E-state index in [2.05, 4.69) is 34.7 Å². The van der Waals surface area contributed by atoms with Gasteiger partial charge in [0.25, 0.3) is 0 Å². The largest absolute Gasteiger partial charge is 0.300 e. The molecule has 0 heterocycles. The van der Waals surface area contributed by atoms with E-state index in [4.69, 9.17) is 0 Å². The Kier molecular flexibility index (Phi) is 6.91. The summed E-state index contributed by atoms with van der Waals surface area (Å²) in [5, 5.41) is 1.18. The van der Waals surface area contributed by atoms with Crippen LogP contribution in [0.4, 0.5) is 0 Å². The molecule has 1 atom stereocenters. The molecule has 1 unspecified atom stereocenters. The standard InChI is InChI=1S/C13H26BrN/c1-3-5-9-15(13-7-8-13)11-12(10-14)6-4-2/h12-13H,3-11H2,1-2H3. The number of hydrogen-bond donors (Lipinski definition) is 0. The van der Waals surface area contributed by atoms with Gasteiger partial charge in [-0.2, -0.15) is 0 Å². The van der Waals surface area contributed by atoms with Gasteiger partial charge in [-0.3, -0.25) is 0 Å². The Morgan fingerprint density at radius 3 is 2.47 bits per heavy atom. The Hall–Kier alpha value is 0.440.